The zero-order valence-corrected chi connectivity index (χ0v) is 15.7. The lowest BCUT2D eigenvalue weighted by atomic mass is 9.89. The highest BCUT2D eigenvalue weighted by molar-refractivity contribution is 5.84. The van der Waals surface area contributed by atoms with E-state index in [2.05, 4.69) is 20.8 Å². The second kappa shape index (κ2) is 8.16. The standard InChI is InChI=1S/C18H29N5O3/c1-13-20-17(22-26-13)18(9-5-3-4-6-10-18)21-15(24)12-23-11-7-8-14(23)16(25)19-2/h14H,3-12H2,1-2H3,(H,19,25)(H,21,24)/t14-/m0/s1. The minimum atomic E-state index is -0.562. The van der Waals surface area contributed by atoms with Gasteiger partial charge in [-0.15, -0.1) is 0 Å². The molecule has 0 unspecified atom stereocenters. The molecule has 3 rings (SSSR count). The third kappa shape index (κ3) is 4.06. The number of nitrogens with zero attached hydrogens (tertiary/aromatic N) is 3. The zero-order valence-electron chi connectivity index (χ0n) is 15.7. The molecule has 1 saturated carbocycles. The maximum atomic E-state index is 12.9. The van der Waals surface area contributed by atoms with Gasteiger partial charge in [0.05, 0.1) is 12.6 Å². The minimum absolute atomic E-state index is 0.0201. The van der Waals surface area contributed by atoms with Crippen molar-refractivity contribution in [1.29, 1.82) is 0 Å². The number of hydrogen-bond acceptors (Lipinski definition) is 6. The Hall–Kier alpha value is -1.96. The number of aryl methyl sites for hydroxylation is 1. The molecule has 1 aromatic heterocycles. The molecule has 8 nitrogen and oxygen atoms in total. The maximum Gasteiger partial charge on any atom is 0.237 e. The van der Waals surface area contributed by atoms with Gasteiger partial charge in [0.1, 0.15) is 5.54 Å². The number of carbonyl (C=O) groups is 2. The van der Waals surface area contributed by atoms with Crippen LogP contribution in [0.15, 0.2) is 4.52 Å². The molecule has 1 aromatic rings. The van der Waals surface area contributed by atoms with Gasteiger partial charge in [0.15, 0.2) is 5.82 Å². The van der Waals surface area contributed by atoms with Gasteiger partial charge in [-0.25, -0.2) is 0 Å². The molecule has 26 heavy (non-hydrogen) atoms. The van der Waals surface area contributed by atoms with E-state index in [0.717, 1.165) is 57.9 Å². The third-order valence-electron chi connectivity index (χ3n) is 5.55. The molecule has 0 bridgehead atoms. The molecule has 8 heteroatoms. The van der Waals surface area contributed by atoms with Crippen LogP contribution in [0.4, 0.5) is 0 Å². The van der Waals surface area contributed by atoms with Crippen molar-refractivity contribution < 1.29 is 14.1 Å². The molecule has 2 amide bonds. The van der Waals surface area contributed by atoms with Gasteiger partial charge in [-0.2, -0.15) is 4.98 Å². The Bertz CT molecular complexity index is 637. The fourth-order valence-corrected chi connectivity index (χ4v) is 4.20. The smallest absolute Gasteiger partial charge is 0.237 e. The quantitative estimate of drug-likeness (QED) is 0.764. The largest absolute Gasteiger partial charge is 0.358 e. The Balaban J connectivity index is 1.72. The summed E-state index contributed by atoms with van der Waals surface area (Å²) < 4.78 is 5.19. The van der Waals surface area contributed by atoms with Gasteiger partial charge in [0, 0.05) is 14.0 Å². The minimum Gasteiger partial charge on any atom is -0.358 e. The molecule has 1 atom stereocenters. The number of amides is 2. The Morgan fingerprint density at radius 1 is 1.23 bits per heavy atom. The van der Waals surface area contributed by atoms with E-state index in [1.165, 1.54) is 0 Å². The van der Waals surface area contributed by atoms with E-state index in [9.17, 15) is 9.59 Å². The molecule has 0 aromatic carbocycles. The highest BCUT2D eigenvalue weighted by Gasteiger charge is 2.40. The van der Waals surface area contributed by atoms with E-state index in [1.807, 2.05) is 4.90 Å². The van der Waals surface area contributed by atoms with Crippen LogP contribution in [0.25, 0.3) is 0 Å². The Labute approximate surface area is 154 Å². The van der Waals surface area contributed by atoms with Gasteiger partial charge >= 0.3 is 0 Å². The summed E-state index contributed by atoms with van der Waals surface area (Å²) in [6.07, 6.45) is 7.71. The molecule has 2 fully saturated rings. The number of likely N-dealkylation sites (tertiary alicyclic amines) is 1. The van der Waals surface area contributed by atoms with E-state index in [0.29, 0.717) is 11.7 Å². The maximum absolute atomic E-state index is 12.9. The SMILES string of the molecule is CNC(=O)[C@@H]1CCCN1CC(=O)NC1(c2noc(C)n2)CCCCCC1. The van der Waals surface area contributed by atoms with E-state index in [1.54, 1.807) is 14.0 Å². The van der Waals surface area contributed by atoms with Gasteiger partial charge < -0.3 is 15.2 Å². The van der Waals surface area contributed by atoms with Gasteiger partial charge in [0.25, 0.3) is 0 Å². The summed E-state index contributed by atoms with van der Waals surface area (Å²) >= 11 is 0. The summed E-state index contributed by atoms with van der Waals surface area (Å²) in [5.41, 5.74) is -0.562. The molecule has 2 N–H and O–H groups in total. The molecule has 2 aliphatic rings. The summed E-state index contributed by atoms with van der Waals surface area (Å²) in [5, 5.41) is 10.0. The van der Waals surface area contributed by atoms with Crippen molar-refractivity contribution in [3.05, 3.63) is 11.7 Å². The Morgan fingerprint density at radius 2 is 1.96 bits per heavy atom. The van der Waals surface area contributed by atoms with E-state index in [4.69, 9.17) is 4.52 Å². The van der Waals surface area contributed by atoms with E-state index < -0.39 is 5.54 Å². The number of nitrogens with one attached hydrogen (secondary N) is 2. The molecule has 0 spiro atoms. The highest BCUT2D eigenvalue weighted by atomic mass is 16.5. The predicted octanol–water partition coefficient (Wildman–Crippen LogP) is 1.25. The van der Waals surface area contributed by atoms with E-state index >= 15 is 0 Å². The van der Waals surface area contributed by atoms with Crippen LogP contribution in [0.1, 0.15) is 63.1 Å². The lowest BCUT2D eigenvalue weighted by molar-refractivity contribution is -0.128. The fourth-order valence-electron chi connectivity index (χ4n) is 4.20. The van der Waals surface area contributed by atoms with Crippen LogP contribution in [0.2, 0.25) is 0 Å². The first-order valence-electron chi connectivity index (χ1n) is 9.61. The molecule has 2 heterocycles. The Morgan fingerprint density at radius 3 is 2.58 bits per heavy atom. The van der Waals surface area contributed by atoms with Crippen molar-refractivity contribution in [3.63, 3.8) is 0 Å². The number of aromatic nitrogens is 2. The van der Waals surface area contributed by atoms with Gasteiger partial charge in [-0.3, -0.25) is 14.5 Å². The Kier molecular flexibility index (Phi) is 5.90. The second-order valence-electron chi connectivity index (χ2n) is 7.42. The first-order chi connectivity index (χ1) is 12.5. The first kappa shape index (κ1) is 18.8. The van der Waals surface area contributed by atoms with Crippen LogP contribution in [-0.4, -0.2) is 53.0 Å². The van der Waals surface area contributed by atoms with Crippen molar-refractivity contribution in [3.8, 4) is 0 Å². The molecule has 1 saturated heterocycles. The average Bonchev–Trinajstić information content (AvgIpc) is 3.19. The number of carbonyl (C=O) groups excluding carboxylic acids is 2. The summed E-state index contributed by atoms with van der Waals surface area (Å²) in [5.74, 6) is 0.991. The number of hydrogen-bond donors (Lipinski definition) is 2. The topological polar surface area (TPSA) is 100 Å². The van der Waals surface area contributed by atoms with E-state index in [-0.39, 0.29) is 24.4 Å². The van der Waals surface area contributed by atoms with Crippen LogP contribution in [-0.2, 0) is 15.1 Å². The van der Waals surface area contributed by atoms with Gasteiger partial charge in [-0.05, 0) is 32.2 Å². The predicted molar refractivity (Wildman–Crippen MR) is 95.2 cm³/mol. The van der Waals surface area contributed by atoms with Crippen molar-refractivity contribution in [2.24, 2.45) is 0 Å². The van der Waals surface area contributed by atoms with Gasteiger partial charge in [-0.1, -0.05) is 30.8 Å². The van der Waals surface area contributed by atoms with Gasteiger partial charge in [0.2, 0.25) is 17.7 Å². The lowest BCUT2D eigenvalue weighted by Crippen LogP contribution is -2.52. The van der Waals surface area contributed by atoms with Crippen molar-refractivity contribution >= 4 is 11.8 Å². The zero-order chi connectivity index (χ0) is 18.6. The molecule has 1 aliphatic heterocycles. The fraction of sp³-hybridized carbons (Fsp3) is 0.778. The first-order valence-corrected chi connectivity index (χ1v) is 9.61. The van der Waals surface area contributed by atoms with Crippen LogP contribution in [0, 0.1) is 6.92 Å². The van der Waals surface area contributed by atoms with Crippen LogP contribution in [0.5, 0.6) is 0 Å². The molecule has 1 aliphatic carbocycles. The summed E-state index contributed by atoms with van der Waals surface area (Å²) in [7, 11) is 1.64. The summed E-state index contributed by atoms with van der Waals surface area (Å²) in [6, 6.07) is -0.219. The summed E-state index contributed by atoms with van der Waals surface area (Å²) in [4.78, 5) is 31.2. The second-order valence-corrected chi connectivity index (χ2v) is 7.42. The lowest BCUT2D eigenvalue weighted by Gasteiger charge is -2.32. The normalized spacial score (nSPS) is 23.4. The van der Waals surface area contributed by atoms with Crippen molar-refractivity contribution in [2.75, 3.05) is 20.1 Å². The molecular weight excluding hydrogens is 334 g/mol. The number of likely N-dealkylation sites (N-methyl/N-ethyl adjacent to an activating group) is 1. The third-order valence-corrected chi connectivity index (χ3v) is 5.55. The summed E-state index contributed by atoms with van der Waals surface area (Å²) in [6.45, 7) is 2.75. The van der Waals surface area contributed by atoms with Crippen molar-refractivity contribution in [1.82, 2.24) is 25.7 Å². The van der Waals surface area contributed by atoms with Crippen LogP contribution in [0.3, 0.4) is 0 Å². The molecule has 0 radical (unpaired) electrons. The van der Waals surface area contributed by atoms with Crippen LogP contribution >= 0.6 is 0 Å². The highest BCUT2D eigenvalue weighted by Crippen LogP contribution is 2.34. The van der Waals surface area contributed by atoms with Crippen LogP contribution < -0.4 is 10.6 Å². The van der Waals surface area contributed by atoms with Crippen molar-refractivity contribution in [2.45, 2.75) is 69.9 Å². The molecular formula is C18H29N5O3. The average molecular weight is 363 g/mol. The monoisotopic (exact) mass is 363 g/mol. The molecule has 144 valence electrons. The number of rotatable bonds is 5.